The van der Waals surface area contributed by atoms with Crippen molar-refractivity contribution in [3.8, 4) is 0 Å². The Bertz CT molecular complexity index is 249. The molecule has 0 spiro atoms. The largest absolute Gasteiger partial charge is 0.444 e. The van der Waals surface area contributed by atoms with E-state index in [0.717, 1.165) is 0 Å². The van der Waals surface area contributed by atoms with Crippen LogP contribution in [0.4, 0.5) is 4.79 Å². The molecule has 5 nitrogen and oxygen atoms in total. The van der Waals surface area contributed by atoms with Gasteiger partial charge in [0.25, 0.3) is 0 Å². The second-order valence-corrected chi connectivity index (χ2v) is 5.06. The van der Waals surface area contributed by atoms with Crippen molar-refractivity contribution in [1.29, 1.82) is 0 Å². The van der Waals surface area contributed by atoms with Crippen LogP contribution >= 0.6 is 0 Å². The maximum atomic E-state index is 11.7. The zero-order valence-electron chi connectivity index (χ0n) is 10.4. The van der Waals surface area contributed by atoms with Crippen LogP contribution in [0.15, 0.2) is 0 Å². The Balaban J connectivity index is 2.52. The zero-order valence-corrected chi connectivity index (χ0v) is 10.4. The summed E-state index contributed by atoms with van der Waals surface area (Å²) >= 11 is 0. The van der Waals surface area contributed by atoms with Crippen molar-refractivity contribution in [2.75, 3.05) is 20.2 Å². The lowest BCUT2D eigenvalue weighted by Gasteiger charge is -2.36. The monoisotopic (exact) mass is 231 g/mol. The molecule has 5 heteroatoms. The number of aliphatic hydroxyl groups excluding tert-OH is 1. The average molecular weight is 231 g/mol. The molecular weight excluding hydrogens is 210 g/mol. The van der Waals surface area contributed by atoms with Crippen molar-refractivity contribution < 1.29 is 19.4 Å². The Hall–Kier alpha value is -0.810. The summed E-state index contributed by atoms with van der Waals surface area (Å²) in [7, 11) is 1.53. The molecule has 1 N–H and O–H groups in total. The van der Waals surface area contributed by atoms with Crippen molar-refractivity contribution in [1.82, 2.24) is 4.90 Å². The van der Waals surface area contributed by atoms with Crippen LogP contribution in [0.5, 0.6) is 0 Å². The highest BCUT2D eigenvalue weighted by Crippen LogP contribution is 2.17. The van der Waals surface area contributed by atoms with Crippen molar-refractivity contribution in [2.45, 2.75) is 45.0 Å². The zero-order chi connectivity index (χ0) is 12.3. The number of ether oxygens (including phenoxy) is 2. The molecule has 0 unspecified atom stereocenters. The van der Waals surface area contributed by atoms with Crippen LogP contribution in [0.3, 0.4) is 0 Å². The summed E-state index contributed by atoms with van der Waals surface area (Å²) in [6.45, 7) is 6.38. The second kappa shape index (κ2) is 5.01. The lowest BCUT2D eigenvalue weighted by molar-refractivity contribution is -0.0646. The number of aliphatic hydroxyl groups is 1. The highest BCUT2D eigenvalue weighted by atomic mass is 16.6. The minimum Gasteiger partial charge on any atom is -0.444 e. The molecule has 16 heavy (non-hydrogen) atoms. The number of methoxy groups -OCH3 is 1. The van der Waals surface area contributed by atoms with E-state index in [1.807, 2.05) is 20.8 Å². The number of piperidine rings is 1. The summed E-state index contributed by atoms with van der Waals surface area (Å²) in [6.07, 6.45) is -0.635. The fraction of sp³-hybridized carbons (Fsp3) is 0.909. The normalized spacial score (nSPS) is 26.7. The standard InChI is InChI=1S/C11H21NO4/c1-11(2,3)16-10(14)12-6-5-8(13)9(7-12)15-4/h8-9,13H,5-7H2,1-4H3/t8-,9-/m0/s1. The molecule has 0 radical (unpaired) electrons. The number of carbonyl (C=O) groups excluding carboxylic acids is 1. The number of hydrogen-bond donors (Lipinski definition) is 1. The molecule has 1 rings (SSSR count). The van der Waals surface area contributed by atoms with Gasteiger partial charge in [0.15, 0.2) is 0 Å². The molecule has 94 valence electrons. The van der Waals surface area contributed by atoms with E-state index in [1.54, 1.807) is 4.90 Å². The highest BCUT2D eigenvalue weighted by molar-refractivity contribution is 5.68. The first-order valence-corrected chi connectivity index (χ1v) is 5.52. The van der Waals surface area contributed by atoms with Crippen LogP contribution in [-0.2, 0) is 9.47 Å². The smallest absolute Gasteiger partial charge is 0.410 e. The predicted molar refractivity (Wildman–Crippen MR) is 59.2 cm³/mol. The van der Waals surface area contributed by atoms with Gasteiger partial charge in [-0.1, -0.05) is 0 Å². The molecule has 0 aromatic rings. The maximum absolute atomic E-state index is 11.7. The number of amides is 1. The summed E-state index contributed by atoms with van der Waals surface area (Å²) in [5, 5.41) is 9.60. The molecule has 1 aliphatic heterocycles. The molecule has 1 fully saturated rings. The van der Waals surface area contributed by atoms with Gasteiger partial charge in [-0.25, -0.2) is 4.79 Å². The van der Waals surface area contributed by atoms with Crippen LogP contribution in [0.25, 0.3) is 0 Å². The van der Waals surface area contributed by atoms with Crippen LogP contribution in [-0.4, -0.2) is 54.1 Å². The van der Waals surface area contributed by atoms with E-state index in [4.69, 9.17) is 9.47 Å². The van der Waals surface area contributed by atoms with E-state index in [9.17, 15) is 9.90 Å². The lowest BCUT2D eigenvalue weighted by Crippen LogP contribution is -2.50. The molecule has 2 atom stereocenters. The third-order valence-electron chi connectivity index (χ3n) is 2.48. The van der Waals surface area contributed by atoms with E-state index in [2.05, 4.69) is 0 Å². The van der Waals surface area contributed by atoms with Gasteiger partial charge in [0.05, 0.1) is 12.6 Å². The third-order valence-corrected chi connectivity index (χ3v) is 2.48. The van der Waals surface area contributed by atoms with Crippen molar-refractivity contribution in [3.63, 3.8) is 0 Å². The molecule has 0 aromatic carbocycles. The molecule has 0 aliphatic carbocycles. The van der Waals surface area contributed by atoms with E-state index >= 15 is 0 Å². The summed E-state index contributed by atoms with van der Waals surface area (Å²) in [4.78, 5) is 13.3. The van der Waals surface area contributed by atoms with Crippen molar-refractivity contribution >= 4 is 6.09 Å². The molecular formula is C11H21NO4. The first kappa shape index (κ1) is 13.3. The Morgan fingerprint density at radius 2 is 2.06 bits per heavy atom. The molecule has 1 amide bonds. The number of rotatable bonds is 1. The van der Waals surface area contributed by atoms with Gasteiger partial charge in [-0.3, -0.25) is 0 Å². The fourth-order valence-electron chi connectivity index (χ4n) is 1.63. The molecule has 1 aliphatic rings. The molecule has 0 saturated carbocycles. The number of carbonyl (C=O) groups is 1. The van der Waals surface area contributed by atoms with Crippen molar-refractivity contribution in [3.05, 3.63) is 0 Å². The Kier molecular flexibility index (Phi) is 4.15. The quantitative estimate of drug-likeness (QED) is 0.731. The summed E-state index contributed by atoms with van der Waals surface area (Å²) in [6, 6.07) is 0. The molecule has 1 saturated heterocycles. The van der Waals surface area contributed by atoms with Gasteiger partial charge in [0, 0.05) is 13.7 Å². The number of likely N-dealkylation sites (tertiary alicyclic amines) is 1. The Morgan fingerprint density at radius 1 is 1.44 bits per heavy atom. The lowest BCUT2D eigenvalue weighted by atomic mass is 10.1. The fourth-order valence-corrected chi connectivity index (χ4v) is 1.63. The third kappa shape index (κ3) is 3.64. The average Bonchev–Trinajstić information content (AvgIpc) is 2.15. The predicted octanol–water partition coefficient (Wildman–Crippen LogP) is 1.00. The highest BCUT2D eigenvalue weighted by Gasteiger charge is 2.32. The van der Waals surface area contributed by atoms with Crippen LogP contribution in [0.1, 0.15) is 27.2 Å². The van der Waals surface area contributed by atoms with Crippen LogP contribution in [0, 0.1) is 0 Å². The van der Waals surface area contributed by atoms with Gasteiger partial charge in [0.1, 0.15) is 11.7 Å². The first-order valence-electron chi connectivity index (χ1n) is 5.52. The molecule has 1 heterocycles. The van der Waals surface area contributed by atoms with E-state index in [0.29, 0.717) is 19.5 Å². The van der Waals surface area contributed by atoms with Gasteiger partial charge >= 0.3 is 6.09 Å². The van der Waals surface area contributed by atoms with Gasteiger partial charge in [0.2, 0.25) is 0 Å². The minimum absolute atomic E-state index is 0.318. The SMILES string of the molecule is CO[C@H]1CN(C(=O)OC(C)(C)C)CC[C@@H]1O. The topological polar surface area (TPSA) is 59.0 Å². The van der Waals surface area contributed by atoms with Crippen molar-refractivity contribution in [2.24, 2.45) is 0 Å². The Morgan fingerprint density at radius 3 is 2.56 bits per heavy atom. The summed E-state index contributed by atoms with van der Waals surface area (Å²) < 4.78 is 10.4. The molecule has 0 aromatic heterocycles. The van der Waals surface area contributed by atoms with Gasteiger partial charge in [-0.2, -0.15) is 0 Å². The number of nitrogens with zero attached hydrogens (tertiary/aromatic N) is 1. The van der Waals surface area contributed by atoms with Gasteiger partial charge < -0.3 is 19.5 Å². The molecule has 0 bridgehead atoms. The Labute approximate surface area is 96.3 Å². The van der Waals surface area contributed by atoms with Crippen LogP contribution in [0.2, 0.25) is 0 Å². The van der Waals surface area contributed by atoms with E-state index in [1.165, 1.54) is 7.11 Å². The number of hydrogen-bond acceptors (Lipinski definition) is 4. The van der Waals surface area contributed by atoms with Crippen LogP contribution < -0.4 is 0 Å². The first-order chi connectivity index (χ1) is 7.33. The van der Waals surface area contributed by atoms with Gasteiger partial charge in [-0.15, -0.1) is 0 Å². The van der Waals surface area contributed by atoms with Gasteiger partial charge in [-0.05, 0) is 27.2 Å². The summed E-state index contributed by atoms with van der Waals surface area (Å²) in [5.74, 6) is 0. The van der Waals surface area contributed by atoms with E-state index < -0.39 is 11.7 Å². The maximum Gasteiger partial charge on any atom is 0.410 e. The minimum atomic E-state index is -0.497. The second-order valence-electron chi connectivity index (χ2n) is 5.06. The van der Waals surface area contributed by atoms with E-state index in [-0.39, 0.29) is 12.2 Å². The summed E-state index contributed by atoms with van der Waals surface area (Å²) in [5.41, 5.74) is -0.490.